The average molecular weight is 181 g/mol. The highest BCUT2D eigenvalue weighted by Gasteiger charge is 2.12. The summed E-state index contributed by atoms with van der Waals surface area (Å²) in [7, 11) is 1.95. The molecular weight excluding hydrogens is 162 g/mol. The van der Waals surface area contributed by atoms with Gasteiger partial charge in [-0.2, -0.15) is 5.10 Å². The maximum absolute atomic E-state index is 6.05. The van der Waals surface area contributed by atoms with E-state index < -0.39 is 0 Å². The summed E-state index contributed by atoms with van der Waals surface area (Å²) in [5.41, 5.74) is 8.22. The minimum absolute atomic E-state index is 0.117. The Bertz CT molecular complexity index is 276. The second kappa shape index (κ2) is 3.92. The third kappa shape index (κ3) is 2.56. The van der Waals surface area contributed by atoms with Crippen LogP contribution in [0.1, 0.15) is 37.7 Å². The average Bonchev–Trinajstić information content (AvgIpc) is 2.28. The molecule has 1 atom stereocenters. The van der Waals surface area contributed by atoms with Crippen LogP contribution in [0.2, 0.25) is 0 Å². The summed E-state index contributed by atoms with van der Waals surface area (Å²) in [5.74, 6) is 0.630. The number of hydrogen-bond acceptors (Lipinski definition) is 2. The minimum Gasteiger partial charge on any atom is -0.323 e. The summed E-state index contributed by atoms with van der Waals surface area (Å²) in [5, 5.41) is 4.28. The molecule has 74 valence electrons. The fourth-order valence-corrected chi connectivity index (χ4v) is 1.61. The highest BCUT2D eigenvalue weighted by atomic mass is 15.3. The molecule has 1 heterocycles. The highest BCUT2D eigenvalue weighted by Crippen LogP contribution is 2.18. The Kier molecular flexibility index (Phi) is 3.09. The van der Waals surface area contributed by atoms with Crippen molar-refractivity contribution >= 4 is 0 Å². The van der Waals surface area contributed by atoms with Gasteiger partial charge in [0.05, 0.1) is 11.4 Å². The van der Waals surface area contributed by atoms with Crippen molar-refractivity contribution in [3.63, 3.8) is 0 Å². The van der Waals surface area contributed by atoms with Crippen LogP contribution in [-0.4, -0.2) is 9.78 Å². The van der Waals surface area contributed by atoms with E-state index in [9.17, 15) is 0 Å². The zero-order chi connectivity index (χ0) is 10.0. The maximum atomic E-state index is 6.05. The van der Waals surface area contributed by atoms with Gasteiger partial charge in [0.2, 0.25) is 0 Å². The first-order chi connectivity index (χ1) is 6.00. The topological polar surface area (TPSA) is 43.8 Å². The molecule has 0 aromatic carbocycles. The number of aryl methyl sites for hydroxylation is 2. The Morgan fingerprint density at radius 2 is 2.15 bits per heavy atom. The number of hydrogen-bond donors (Lipinski definition) is 1. The Hall–Kier alpha value is -0.830. The summed E-state index contributed by atoms with van der Waals surface area (Å²) in [6.07, 6.45) is 1.01. The van der Waals surface area contributed by atoms with Gasteiger partial charge in [0.15, 0.2) is 0 Å². The zero-order valence-corrected chi connectivity index (χ0v) is 8.91. The summed E-state index contributed by atoms with van der Waals surface area (Å²) < 4.78 is 1.88. The van der Waals surface area contributed by atoms with Crippen molar-refractivity contribution in [2.75, 3.05) is 0 Å². The van der Waals surface area contributed by atoms with Gasteiger partial charge in [0.25, 0.3) is 0 Å². The number of rotatable bonds is 3. The zero-order valence-electron chi connectivity index (χ0n) is 8.91. The van der Waals surface area contributed by atoms with Crippen molar-refractivity contribution in [1.29, 1.82) is 0 Å². The van der Waals surface area contributed by atoms with Crippen LogP contribution < -0.4 is 5.73 Å². The molecule has 2 N–H and O–H groups in total. The second-order valence-corrected chi connectivity index (χ2v) is 4.07. The molecule has 1 aromatic heterocycles. The van der Waals surface area contributed by atoms with Crippen molar-refractivity contribution in [3.8, 4) is 0 Å². The Morgan fingerprint density at radius 1 is 1.54 bits per heavy atom. The van der Waals surface area contributed by atoms with E-state index in [4.69, 9.17) is 5.73 Å². The van der Waals surface area contributed by atoms with E-state index in [-0.39, 0.29) is 6.04 Å². The van der Waals surface area contributed by atoms with E-state index >= 15 is 0 Å². The summed E-state index contributed by atoms with van der Waals surface area (Å²) >= 11 is 0. The number of aromatic nitrogens is 2. The smallest absolute Gasteiger partial charge is 0.0597 e. The Balaban J connectivity index is 2.76. The van der Waals surface area contributed by atoms with Crippen LogP contribution in [0.15, 0.2) is 6.07 Å². The first-order valence-corrected chi connectivity index (χ1v) is 4.76. The van der Waals surface area contributed by atoms with Gasteiger partial charge in [-0.15, -0.1) is 0 Å². The molecule has 1 aromatic rings. The standard InChI is InChI=1S/C10H19N3/c1-7(2)5-9(11)10-6-8(3)12-13(10)4/h6-7,9H,5,11H2,1-4H3/t9-/m0/s1. The molecule has 0 aliphatic rings. The lowest BCUT2D eigenvalue weighted by molar-refractivity contribution is 0.485. The van der Waals surface area contributed by atoms with Crippen LogP contribution in [0.4, 0.5) is 0 Å². The summed E-state index contributed by atoms with van der Waals surface area (Å²) in [6, 6.07) is 2.18. The third-order valence-electron chi connectivity index (χ3n) is 2.14. The molecule has 0 saturated carbocycles. The largest absolute Gasteiger partial charge is 0.323 e. The first kappa shape index (κ1) is 10.3. The monoisotopic (exact) mass is 181 g/mol. The first-order valence-electron chi connectivity index (χ1n) is 4.76. The van der Waals surface area contributed by atoms with Gasteiger partial charge < -0.3 is 5.73 Å². The molecule has 0 aliphatic carbocycles. The molecule has 0 bridgehead atoms. The number of nitrogens with two attached hydrogens (primary N) is 1. The van der Waals surface area contributed by atoms with Crippen molar-refractivity contribution in [3.05, 3.63) is 17.5 Å². The van der Waals surface area contributed by atoms with Crippen LogP contribution in [0.3, 0.4) is 0 Å². The maximum Gasteiger partial charge on any atom is 0.0597 e. The van der Waals surface area contributed by atoms with Gasteiger partial charge in [-0.05, 0) is 25.3 Å². The van der Waals surface area contributed by atoms with E-state index in [1.165, 1.54) is 0 Å². The molecular formula is C10H19N3. The van der Waals surface area contributed by atoms with Crippen LogP contribution in [0, 0.1) is 12.8 Å². The predicted octanol–water partition coefficient (Wildman–Crippen LogP) is 1.77. The molecule has 0 saturated heterocycles. The van der Waals surface area contributed by atoms with Crippen molar-refractivity contribution in [2.24, 2.45) is 18.7 Å². The lowest BCUT2D eigenvalue weighted by Gasteiger charge is -2.13. The molecule has 0 radical (unpaired) electrons. The van der Waals surface area contributed by atoms with Crippen LogP contribution in [-0.2, 0) is 7.05 Å². The van der Waals surface area contributed by atoms with E-state index in [0.717, 1.165) is 17.8 Å². The predicted molar refractivity (Wildman–Crippen MR) is 54.3 cm³/mol. The summed E-state index contributed by atoms with van der Waals surface area (Å²) in [4.78, 5) is 0. The van der Waals surface area contributed by atoms with Crippen molar-refractivity contribution in [1.82, 2.24) is 9.78 Å². The van der Waals surface area contributed by atoms with Crippen molar-refractivity contribution in [2.45, 2.75) is 33.2 Å². The minimum atomic E-state index is 0.117. The molecule has 1 rings (SSSR count). The van der Waals surface area contributed by atoms with Gasteiger partial charge >= 0.3 is 0 Å². The van der Waals surface area contributed by atoms with E-state index in [1.807, 2.05) is 18.7 Å². The molecule has 0 spiro atoms. The molecule has 0 amide bonds. The molecule has 3 heteroatoms. The van der Waals surface area contributed by atoms with Gasteiger partial charge in [-0.3, -0.25) is 4.68 Å². The highest BCUT2D eigenvalue weighted by molar-refractivity contribution is 5.12. The van der Waals surface area contributed by atoms with Gasteiger partial charge in [-0.25, -0.2) is 0 Å². The lowest BCUT2D eigenvalue weighted by atomic mass is 10.0. The SMILES string of the molecule is Cc1cc([C@@H](N)CC(C)C)n(C)n1. The fourth-order valence-electron chi connectivity index (χ4n) is 1.61. The van der Waals surface area contributed by atoms with Gasteiger partial charge in [-0.1, -0.05) is 13.8 Å². The Labute approximate surface area is 79.9 Å². The number of nitrogens with zero attached hydrogens (tertiary/aromatic N) is 2. The van der Waals surface area contributed by atoms with Crippen LogP contribution >= 0.6 is 0 Å². The van der Waals surface area contributed by atoms with Crippen LogP contribution in [0.25, 0.3) is 0 Å². The molecule has 0 unspecified atom stereocenters. The molecule has 3 nitrogen and oxygen atoms in total. The normalized spacial score (nSPS) is 13.7. The molecule has 13 heavy (non-hydrogen) atoms. The van der Waals surface area contributed by atoms with E-state index in [2.05, 4.69) is 25.0 Å². The van der Waals surface area contributed by atoms with Gasteiger partial charge in [0, 0.05) is 13.1 Å². The quantitative estimate of drug-likeness (QED) is 0.772. The Morgan fingerprint density at radius 3 is 2.54 bits per heavy atom. The van der Waals surface area contributed by atoms with Crippen LogP contribution in [0.5, 0.6) is 0 Å². The molecule has 0 fully saturated rings. The van der Waals surface area contributed by atoms with Gasteiger partial charge in [0.1, 0.15) is 0 Å². The second-order valence-electron chi connectivity index (χ2n) is 4.07. The third-order valence-corrected chi connectivity index (χ3v) is 2.14. The fraction of sp³-hybridized carbons (Fsp3) is 0.700. The summed E-state index contributed by atoms with van der Waals surface area (Å²) in [6.45, 7) is 6.36. The lowest BCUT2D eigenvalue weighted by Crippen LogP contribution is -2.16. The van der Waals surface area contributed by atoms with Crippen molar-refractivity contribution < 1.29 is 0 Å². The van der Waals surface area contributed by atoms with E-state index in [0.29, 0.717) is 5.92 Å². The molecule has 0 aliphatic heterocycles. The van der Waals surface area contributed by atoms with E-state index in [1.54, 1.807) is 0 Å².